The molecule has 1 saturated heterocycles. The lowest BCUT2D eigenvalue weighted by molar-refractivity contribution is -0.143. The summed E-state index contributed by atoms with van der Waals surface area (Å²) in [6.45, 7) is 6.67. The van der Waals surface area contributed by atoms with Crippen LogP contribution in [0.3, 0.4) is 0 Å². The van der Waals surface area contributed by atoms with E-state index in [1.54, 1.807) is 0 Å². The maximum Gasteiger partial charge on any atom is 0.401 e. The van der Waals surface area contributed by atoms with Gasteiger partial charge in [-0.25, -0.2) is 4.99 Å². The Morgan fingerprint density at radius 1 is 1.53 bits per heavy atom. The fourth-order valence-electron chi connectivity index (χ4n) is 2.00. The van der Waals surface area contributed by atoms with Crippen molar-refractivity contribution in [1.29, 1.82) is 0 Å². The molecule has 0 aliphatic carbocycles. The van der Waals surface area contributed by atoms with E-state index in [9.17, 15) is 13.2 Å². The van der Waals surface area contributed by atoms with Crippen LogP contribution in [0.25, 0.3) is 0 Å². The van der Waals surface area contributed by atoms with Crippen molar-refractivity contribution >= 4 is 5.96 Å². The second kappa shape index (κ2) is 6.79. The number of nitrogens with one attached hydrogen (secondary N) is 1. The third-order valence-electron chi connectivity index (χ3n) is 2.86. The molecule has 1 rings (SSSR count). The smallest absolute Gasteiger partial charge is 0.370 e. The van der Waals surface area contributed by atoms with Gasteiger partial charge in [-0.05, 0) is 25.8 Å². The molecule has 0 spiro atoms. The van der Waals surface area contributed by atoms with Crippen LogP contribution in [0.2, 0.25) is 0 Å². The number of guanidine groups is 1. The minimum Gasteiger partial charge on any atom is -0.370 e. The third-order valence-corrected chi connectivity index (χ3v) is 2.86. The monoisotopic (exact) mass is 278 g/mol. The maximum absolute atomic E-state index is 12.2. The summed E-state index contributed by atoms with van der Waals surface area (Å²) in [4.78, 5) is 5.48. The molecule has 0 aromatic carbocycles. The van der Waals surface area contributed by atoms with E-state index in [-0.39, 0.29) is 5.92 Å². The number of nitrogens with zero attached hydrogens (tertiary/aromatic N) is 2. The summed E-state index contributed by atoms with van der Waals surface area (Å²) in [5.41, 5.74) is 6.55. The van der Waals surface area contributed by atoms with E-state index in [4.69, 9.17) is 5.73 Å². The highest BCUT2D eigenvalue weighted by molar-refractivity contribution is 5.77. The lowest BCUT2D eigenvalue weighted by Crippen LogP contribution is -2.37. The number of hydrogen-bond donors (Lipinski definition) is 2. The molecule has 1 aliphatic rings. The molecule has 110 valence electrons. The SMILES string of the molecule is C=C(C)CN=C(N)NCC1CCN(CC(F)(F)F)C1. The van der Waals surface area contributed by atoms with Crippen molar-refractivity contribution in [2.75, 3.05) is 32.7 Å². The van der Waals surface area contributed by atoms with Crippen molar-refractivity contribution in [3.05, 3.63) is 12.2 Å². The largest absolute Gasteiger partial charge is 0.401 e. The van der Waals surface area contributed by atoms with Crippen LogP contribution in [0.4, 0.5) is 13.2 Å². The van der Waals surface area contributed by atoms with Crippen LogP contribution in [-0.4, -0.2) is 49.8 Å². The highest BCUT2D eigenvalue weighted by Crippen LogP contribution is 2.22. The lowest BCUT2D eigenvalue weighted by atomic mass is 10.1. The molecule has 1 atom stereocenters. The predicted octanol–water partition coefficient (Wildman–Crippen LogP) is 1.35. The van der Waals surface area contributed by atoms with E-state index >= 15 is 0 Å². The second-order valence-electron chi connectivity index (χ2n) is 5.04. The van der Waals surface area contributed by atoms with Gasteiger partial charge in [-0.3, -0.25) is 4.90 Å². The Hall–Kier alpha value is -1.24. The molecular formula is C12H21F3N4. The van der Waals surface area contributed by atoms with Crippen molar-refractivity contribution < 1.29 is 13.2 Å². The van der Waals surface area contributed by atoms with Crippen LogP contribution >= 0.6 is 0 Å². The highest BCUT2D eigenvalue weighted by Gasteiger charge is 2.34. The van der Waals surface area contributed by atoms with Crippen molar-refractivity contribution in [3.8, 4) is 0 Å². The zero-order valence-corrected chi connectivity index (χ0v) is 11.1. The summed E-state index contributed by atoms with van der Waals surface area (Å²) >= 11 is 0. The van der Waals surface area contributed by atoms with Crippen LogP contribution in [0, 0.1) is 5.92 Å². The van der Waals surface area contributed by atoms with Crippen molar-refractivity contribution in [1.82, 2.24) is 10.2 Å². The van der Waals surface area contributed by atoms with E-state index in [1.807, 2.05) is 6.92 Å². The summed E-state index contributed by atoms with van der Waals surface area (Å²) in [5.74, 6) is 0.498. The molecule has 19 heavy (non-hydrogen) atoms. The average Bonchev–Trinajstić information content (AvgIpc) is 2.68. The molecule has 1 fully saturated rings. The van der Waals surface area contributed by atoms with Crippen molar-refractivity contribution in [2.24, 2.45) is 16.6 Å². The van der Waals surface area contributed by atoms with Gasteiger partial charge in [-0.1, -0.05) is 12.2 Å². The van der Waals surface area contributed by atoms with E-state index in [1.165, 1.54) is 4.90 Å². The van der Waals surface area contributed by atoms with E-state index < -0.39 is 12.7 Å². The van der Waals surface area contributed by atoms with Crippen LogP contribution in [0.5, 0.6) is 0 Å². The van der Waals surface area contributed by atoms with Gasteiger partial charge in [0, 0.05) is 13.1 Å². The second-order valence-corrected chi connectivity index (χ2v) is 5.04. The Balaban J connectivity index is 2.25. The molecule has 0 bridgehead atoms. The molecule has 1 aliphatic heterocycles. The van der Waals surface area contributed by atoms with E-state index in [2.05, 4.69) is 16.9 Å². The van der Waals surface area contributed by atoms with Gasteiger partial charge in [0.2, 0.25) is 0 Å². The van der Waals surface area contributed by atoms with E-state index in [0.29, 0.717) is 32.1 Å². The molecule has 7 heteroatoms. The zero-order valence-electron chi connectivity index (χ0n) is 11.1. The van der Waals surface area contributed by atoms with Gasteiger partial charge in [-0.15, -0.1) is 0 Å². The molecular weight excluding hydrogens is 257 g/mol. The van der Waals surface area contributed by atoms with Crippen LogP contribution in [-0.2, 0) is 0 Å². The third kappa shape index (κ3) is 7.05. The molecule has 0 amide bonds. The number of aliphatic imine (C=N–C) groups is 1. The number of hydrogen-bond acceptors (Lipinski definition) is 2. The van der Waals surface area contributed by atoms with Gasteiger partial charge in [0.25, 0.3) is 0 Å². The molecule has 3 N–H and O–H groups in total. The quantitative estimate of drug-likeness (QED) is 0.453. The van der Waals surface area contributed by atoms with Gasteiger partial charge in [0.05, 0.1) is 13.1 Å². The minimum absolute atomic E-state index is 0.181. The Morgan fingerprint density at radius 2 is 2.21 bits per heavy atom. The highest BCUT2D eigenvalue weighted by atomic mass is 19.4. The molecule has 0 aromatic rings. The molecule has 4 nitrogen and oxygen atoms in total. The number of nitrogens with two attached hydrogens (primary N) is 1. The molecule has 0 aromatic heterocycles. The fraction of sp³-hybridized carbons (Fsp3) is 0.750. The first-order chi connectivity index (χ1) is 8.76. The van der Waals surface area contributed by atoms with E-state index in [0.717, 1.165) is 12.0 Å². The molecule has 0 saturated carbocycles. The lowest BCUT2D eigenvalue weighted by Gasteiger charge is -2.18. The first-order valence-corrected chi connectivity index (χ1v) is 6.23. The van der Waals surface area contributed by atoms with Crippen LogP contribution in [0.15, 0.2) is 17.1 Å². The van der Waals surface area contributed by atoms with Gasteiger partial charge >= 0.3 is 6.18 Å². The topological polar surface area (TPSA) is 53.6 Å². The molecule has 0 radical (unpaired) electrons. The minimum atomic E-state index is -4.12. The Labute approximate surface area is 111 Å². The summed E-state index contributed by atoms with van der Waals surface area (Å²) in [5, 5.41) is 2.94. The average molecular weight is 278 g/mol. The summed E-state index contributed by atoms with van der Waals surface area (Å²) in [6.07, 6.45) is -3.37. The van der Waals surface area contributed by atoms with Crippen molar-refractivity contribution in [2.45, 2.75) is 19.5 Å². The Bertz CT molecular complexity index is 338. The van der Waals surface area contributed by atoms with Crippen LogP contribution in [0.1, 0.15) is 13.3 Å². The van der Waals surface area contributed by atoms with Gasteiger partial charge in [-0.2, -0.15) is 13.2 Å². The van der Waals surface area contributed by atoms with Gasteiger partial charge in [0.1, 0.15) is 0 Å². The number of alkyl halides is 3. The summed E-state index contributed by atoms with van der Waals surface area (Å²) in [6, 6.07) is 0. The Morgan fingerprint density at radius 3 is 2.79 bits per heavy atom. The first kappa shape index (κ1) is 15.8. The van der Waals surface area contributed by atoms with Crippen molar-refractivity contribution in [3.63, 3.8) is 0 Å². The fourth-order valence-corrected chi connectivity index (χ4v) is 2.00. The standard InChI is InChI=1S/C12H21F3N4/c1-9(2)5-17-11(16)18-6-10-3-4-19(7-10)8-12(13,14)15/h10H,1,3-8H2,2H3,(H3,16,17,18). The Kier molecular flexibility index (Phi) is 5.65. The molecule has 1 heterocycles. The zero-order chi connectivity index (χ0) is 14.5. The predicted molar refractivity (Wildman–Crippen MR) is 69.9 cm³/mol. The first-order valence-electron chi connectivity index (χ1n) is 6.23. The molecule has 1 unspecified atom stereocenters. The van der Waals surface area contributed by atoms with Gasteiger partial charge in [0.15, 0.2) is 5.96 Å². The van der Waals surface area contributed by atoms with Crippen LogP contribution < -0.4 is 11.1 Å². The maximum atomic E-state index is 12.2. The summed E-state index contributed by atoms with van der Waals surface area (Å²) in [7, 11) is 0. The normalized spacial score (nSPS) is 21.7. The number of rotatable bonds is 5. The number of halogens is 3. The summed E-state index contributed by atoms with van der Waals surface area (Å²) < 4.78 is 36.7. The van der Waals surface area contributed by atoms with Gasteiger partial charge < -0.3 is 11.1 Å². The number of likely N-dealkylation sites (tertiary alicyclic amines) is 1.